The van der Waals surface area contributed by atoms with Crippen LogP contribution in [-0.2, 0) is 20.2 Å². The van der Waals surface area contributed by atoms with Crippen LogP contribution in [0.1, 0.15) is 11.4 Å². The SMILES string of the molecule is CNCc1cc(OC)c(OCc2nncn2C)c(OC)c1. The molecule has 2 rings (SSSR count). The highest BCUT2D eigenvalue weighted by Gasteiger charge is 2.15. The van der Waals surface area contributed by atoms with Gasteiger partial charge in [0.25, 0.3) is 0 Å². The van der Waals surface area contributed by atoms with Crippen molar-refractivity contribution < 1.29 is 14.2 Å². The van der Waals surface area contributed by atoms with Crippen LogP contribution in [0.15, 0.2) is 18.5 Å². The molecule has 1 aromatic heterocycles. The largest absolute Gasteiger partial charge is 0.493 e. The summed E-state index contributed by atoms with van der Waals surface area (Å²) in [4.78, 5) is 0. The molecule has 0 aliphatic carbocycles. The smallest absolute Gasteiger partial charge is 0.204 e. The lowest BCUT2D eigenvalue weighted by molar-refractivity contribution is 0.256. The summed E-state index contributed by atoms with van der Waals surface area (Å²) in [6.07, 6.45) is 1.63. The molecular formula is C14H20N4O3. The van der Waals surface area contributed by atoms with Gasteiger partial charge in [-0.15, -0.1) is 10.2 Å². The fraction of sp³-hybridized carbons (Fsp3) is 0.429. The van der Waals surface area contributed by atoms with Crippen LogP contribution in [0.25, 0.3) is 0 Å². The van der Waals surface area contributed by atoms with E-state index >= 15 is 0 Å². The van der Waals surface area contributed by atoms with Gasteiger partial charge in [-0.1, -0.05) is 0 Å². The number of methoxy groups -OCH3 is 2. The number of benzene rings is 1. The van der Waals surface area contributed by atoms with Gasteiger partial charge in [-0.05, 0) is 24.7 Å². The van der Waals surface area contributed by atoms with Gasteiger partial charge in [0.05, 0.1) is 14.2 Å². The lowest BCUT2D eigenvalue weighted by Gasteiger charge is -2.15. The van der Waals surface area contributed by atoms with Crippen molar-refractivity contribution in [1.82, 2.24) is 20.1 Å². The average Bonchev–Trinajstić information content (AvgIpc) is 2.90. The number of rotatable bonds is 7. The number of aryl methyl sites for hydroxylation is 1. The van der Waals surface area contributed by atoms with E-state index < -0.39 is 0 Å². The second kappa shape index (κ2) is 6.94. The van der Waals surface area contributed by atoms with Gasteiger partial charge in [-0.3, -0.25) is 0 Å². The molecule has 114 valence electrons. The van der Waals surface area contributed by atoms with Crippen LogP contribution < -0.4 is 19.5 Å². The highest BCUT2D eigenvalue weighted by molar-refractivity contribution is 5.53. The monoisotopic (exact) mass is 292 g/mol. The van der Waals surface area contributed by atoms with Gasteiger partial charge in [0.15, 0.2) is 17.3 Å². The molecule has 0 saturated heterocycles. The summed E-state index contributed by atoms with van der Waals surface area (Å²) in [5.74, 6) is 2.53. The van der Waals surface area contributed by atoms with E-state index in [1.807, 2.05) is 26.2 Å². The molecule has 0 spiro atoms. The Labute approximate surface area is 123 Å². The molecule has 0 unspecified atom stereocenters. The fourth-order valence-corrected chi connectivity index (χ4v) is 1.96. The minimum Gasteiger partial charge on any atom is -0.493 e. The van der Waals surface area contributed by atoms with Crippen molar-refractivity contribution >= 4 is 0 Å². The summed E-state index contributed by atoms with van der Waals surface area (Å²) in [6, 6.07) is 3.84. The number of nitrogens with one attached hydrogen (secondary N) is 1. The van der Waals surface area contributed by atoms with Gasteiger partial charge >= 0.3 is 0 Å². The van der Waals surface area contributed by atoms with Gasteiger partial charge in [-0.2, -0.15) is 0 Å². The zero-order valence-electron chi connectivity index (χ0n) is 12.7. The van der Waals surface area contributed by atoms with Crippen LogP contribution in [0, 0.1) is 0 Å². The van der Waals surface area contributed by atoms with Crippen molar-refractivity contribution in [2.24, 2.45) is 7.05 Å². The maximum absolute atomic E-state index is 5.81. The normalized spacial score (nSPS) is 10.5. The second-order valence-electron chi connectivity index (χ2n) is 4.51. The Morgan fingerprint density at radius 3 is 2.33 bits per heavy atom. The first-order valence-corrected chi connectivity index (χ1v) is 6.54. The van der Waals surface area contributed by atoms with Crippen LogP contribution in [0.4, 0.5) is 0 Å². The Kier molecular flexibility index (Phi) is 4.99. The molecule has 0 bridgehead atoms. The molecule has 7 heteroatoms. The third-order valence-electron chi connectivity index (χ3n) is 3.05. The lowest BCUT2D eigenvalue weighted by Crippen LogP contribution is -2.08. The number of hydrogen-bond acceptors (Lipinski definition) is 6. The molecule has 21 heavy (non-hydrogen) atoms. The minimum atomic E-state index is 0.286. The third-order valence-corrected chi connectivity index (χ3v) is 3.05. The van der Waals surface area contributed by atoms with Crippen molar-refractivity contribution in [2.45, 2.75) is 13.2 Å². The van der Waals surface area contributed by atoms with E-state index in [-0.39, 0.29) is 6.61 Å². The first-order valence-electron chi connectivity index (χ1n) is 6.54. The molecule has 0 radical (unpaired) electrons. The molecule has 0 saturated carbocycles. The highest BCUT2D eigenvalue weighted by Crippen LogP contribution is 2.38. The van der Waals surface area contributed by atoms with Crippen molar-refractivity contribution in [1.29, 1.82) is 0 Å². The summed E-state index contributed by atoms with van der Waals surface area (Å²) in [7, 11) is 6.96. The van der Waals surface area contributed by atoms with E-state index in [1.165, 1.54) is 0 Å². The quantitative estimate of drug-likeness (QED) is 0.825. The van der Waals surface area contributed by atoms with Gasteiger partial charge in [0.1, 0.15) is 12.9 Å². The topological polar surface area (TPSA) is 70.4 Å². The van der Waals surface area contributed by atoms with Gasteiger partial charge < -0.3 is 24.1 Å². The predicted molar refractivity (Wildman–Crippen MR) is 77.6 cm³/mol. The molecular weight excluding hydrogens is 272 g/mol. The van der Waals surface area contributed by atoms with Crippen LogP contribution in [0.5, 0.6) is 17.2 Å². The molecule has 0 atom stereocenters. The van der Waals surface area contributed by atoms with Gasteiger partial charge in [-0.25, -0.2) is 0 Å². The van der Waals surface area contributed by atoms with Crippen molar-refractivity contribution in [3.8, 4) is 17.2 Å². The average molecular weight is 292 g/mol. The highest BCUT2D eigenvalue weighted by atomic mass is 16.5. The second-order valence-corrected chi connectivity index (χ2v) is 4.51. The summed E-state index contributed by atoms with van der Waals surface area (Å²) >= 11 is 0. The summed E-state index contributed by atoms with van der Waals surface area (Å²) in [5, 5.41) is 10.9. The zero-order chi connectivity index (χ0) is 15.2. The molecule has 7 nitrogen and oxygen atoms in total. The molecule has 0 aliphatic rings. The number of nitrogens with zero attached hydrogens (tertiary/aromatic N) is 3. The number of hydrogen-bond donors (Lipinski definition) is 1. The molecule has 0 amide bonds. The Morgan fingerprint density at radius 1 is 1.19 bits per heavy atom. The molecule has 1 N–H and O–H groups in total. The molecule has 1 heterocycles. The summed E-state index contributed by atoms with van der Waals surface area (Å²) < 4.78 is 18.4. The van der Waals surface area contributed by atoms with Crippen molar-refractivity contribution in [3.63, 3.8) is 0 Å². The Balaban J connectivity index is 2.26. The van der Waals surface area contributed by atoms with Gasteiger partial charge in [0, 0.05) is 13.6 Å². The third kappa shape index (κ3) is 3.43. The van der Waals surface area contributed by atoms with E-state index in [2.05, 4.69) is 15.5 Å². The summed E-state index contributed by atoms with van der Waals surface area (Å²) in [5.41, 5.74) is 1.05. The van der Waals surface area contributed by atoms with Crippen LogP contribution in [0.2, 0.25) is 0 Å². The van der Waals surface area contributed by atoms with Gasteiger partial charge in [0.2, 0.25) is 5.75 Å². The van der Waals surface area contributed by atoms with Crippen LogP contribution in [0.3, 0.4) is 0 Å². The Bertz CT molecular complexity index is 573. The van der Waals surface area contributed by atoms with E-state index in [1.54, 1.807) is 25.1 Å². The predicted octanol–water partition coefficient (Wildman–Crippen LogP) is 1.13. The molecule has 1 aromatic carbocycles. The maximum Gasteiger partial charge on any atom is 0.204 e. The zero-order valence-corrected chi connectivity index (χ0v) is 12.7. The van der Waals surface area contributed by atoms with Crippen molar-refractivity contribution in [3.05, 3.63) is 29.8 Å². The molecule has 0 fully saturated rings. The maximum atomic E-state index is 5.81. The standard InChI is InChI=1S/C14H20N4O3/c1-15-7-10-5-11(19-3)14(12(6-10)20-4)21-8-13-17-16-9-18(13)2/h5-6,9,15H,7-8H2,1-4H3. The fourth-order valence-electron chi connectivity index (χ4n) is 1.96. The van der Waals surface area contributed by atoms with E-state index in [4.69, 9.17) is 14.2 Å². The lowest BCUT2D eigenvalue weighted by atomic mass is 10.2. The van der Waals surface area contributed by atoms with Crippen LogP contribution in [-0.4, -0.2) is 36.0 Å². The van der Waals surface area contributed by atoms with E-state index in [0.717, 1.165) is 17.9 Å². The Morgan fingerprint density at radius 2 is 1.86 bits per heavy atom. The summed E-state index contributed by atoms with van der Waals surface area (Å²) in [6.45, 7) is 1.00. The van der Waals surface area contributed by atoms with Crippen LogP contribution >= 0.6 is 0 Å². The molecule has 2 aromatic rings. The van der Waals surface area contributed by atoms with E-state index in [0.29, 0.717) is 17.2 Å². The number of aromatic nitrogens is 3. The first-order chi connectivity index (χ1) is 10.2. The van der Waals surface area contributed by atoms with E-state index in [9.17, 15) is 0 Å². The number of ether oxygens (including phenoxy) is 3. The Hall–Kier alpha value is -2.28. The minimum absolute atomic E-state index is 0.286. The first kappa shape index (κ1) is 15.1. The van der Waals surface area contributed by atoms with Crippen molar-refractivity contribution in [2.75, 3.05) is 21.3 Å². The molecule has 0 aliphatic heterocycles.